The molecular formula is C24H20Cl2N4OS. The third-order valence-electron chi connectivity index (χ3n) is 4.95. The number of carbonyl (C=O) groups is 1. The molecule has 1 aromatic heterocycles. The molecule has 0 aliphatic heterocycles. The van der Waals surface area contributed by atoms with Gasteiger partial charge in [-0.3, -0.25) is 9.36 Å². The van der Waals surface area contributed by atoms with Crippen molar-refractivity contribution >= 4 is 46.6 Å². The average molecular weight is 483 g/mol. The largest absolute Gasteiger partial charge is 0.325 e. The Labute approximate surface area is 200 Å². The zero-order valence-electron chi connectivity index (χ0n) is 17.5. The smallest absolute Gasteiger partial charge is 0.234 e. The topological polar surface area (TPSA) is 59.8 Å². The number of aryl methyl sites for hydroxylation is 1. The first-order chi connectivity index (χ1) is 15.4. The molecule has 1 amide bonds. The number of nitrogens with zero attached hydrogens (tertiary/aromatic N) is 3. The standard InChI is InChI=1S/C24H20Cl2N4OS/c1-15-11-12-17(13-20(15)26)23-28-29-24(30(23)18-7-4-3-5-8-18)32-14-22(31)27-21-10-6-9-19(25)16(21)2/h3-13H,14H2,1-2H3,(H,27,31). The number of halogens is 2. The molecule has 0 radical (unpaired) electrons. The van der Waals surface area contributed by atoms with E-state index in [2.05, 4.69) is 15.5 Å². The summed E-state index contributed by atoms with van der Waals surface area (Å²) < 4.78 is 1.93. The van der Waals surface area contributed by atoms with Crippen LogP contribution in [0.3, 0.4) is 0 Å². The first-order valence-electron chi connectivity index (χ1n) is 9.89. The van der Waals surface area contributed by atoms with Crippen LogP contribution in [0.2, 0.25) is 10.0 Å². The monoisotopic (exact) mass is 482 g/mol. The molecule has 4 rings (SSSR count). The Hall–Kier alpha value is -2.80. The molecule has 0 spiro atoms. The van der Waals surface area contributed by atoms with Gasteiger partial charge in [0.1, 0.15) is 0 Å². The quantitative estimate of drug-likeness (QED) is 0.315. The summed E-state index contributed by atoms with van der Waals surface area (Å²) in [6, 6.07) is 21.0. The molecule has 0 aliphatic rings. The maximum Gasteiger partial charge on any atom is 0.234 e. The number of benzene rings is 3. The Morgan fingerprint density at radius 1 is 0.969 bits per heavy atom. The van der Waals surface area contributed by atoms with Gasteiger partial charge in [-0.25, -0.2) is 0 Å². The first-order valence-corrected chi connectivity index (χ1v) is 11.6. The van der Waals surface area contributed by atoms with Gasteiger partial charge in [0.2, 0.25) is 5.91 Å². The maximum absolute atomic E-state index is 12.6. The fourth-order valence-corrected chi connectivity index (χ4v) is 4.26. The number of rotatable bonds is 6. The average Bonchev–Trinajstić information content (AvgIpc) is 3.22. The zero-order valence-corrected chi connectivity index (χ0v) is 19.8. The SMILES string of the molecule is Cc1ccc(-c2nnc(SCC(=O)Nc3cccc(Cl)c3C)n2-c2ccccc2)cc1Cl. The molecule has 1 heterocycles. The highest BCUT2D eigenvalue weighted by molar-refractivity contribution is 7.99. The lowest BCUT2D eigenvalue weighted by Crippen LogP contribution is -2.15. The minimum atomic E-state index is -0.150. The molecule has 0 bridgehead atoms. The minimum Gasteiger partial charge on any atom is -0.325 e. The lowest BCUT2D eigenvalue weighted by Gasteiger charge is -2.12. The molecule has 3 aromatic carbocycles. The van der Waals surface area contributed by atoms with Crippen molar-refractivity contribution < 1.29 is 4.79 Å². The second-order valence-corrected chi connectivity index (χ2v) is 8.95. The summed E-state index contributed by atoms with van der Waals surface area (Å²) in [4.78, 5) is 12.6. The van der Waals surface area contributed by atoms with Crippen LogP contribution in [0.25, 0.3) is 17.1 Å². The van der Waals surface area contributed by atoms with E-state index in [1.54, 1.807) is 6.07 Å². The number of aromatic nitrogens is 3. The highest BCUT2D eigenvalue weighted by Crippen LogP contribution is 2.30. The van der Waals surface area contributed by atoms with Gasteiger partial charge in [0.25, 0.3) is 0 Å². The molecule has 0 saturated heterocycles. The van der Waals surface area contributed by atoms with Gasteiger partial charge < -0.3 is 5.32 Å². The van der Waals surface area contributed by atoms with Crippen LogP contribution in [0, 0.1) is 13.8 Å². The van der Waals surface area contributed by atoms with Crippen molar-refractivity contribution in [2.45, 2.75) is 19.0 Å². The Bertz CT molecular complexity index is 1270. The summed E-state index contributed by atoms with van der Waals surface area (Å²) in [5.41, 5.74) is 4.27. The van der Waals surface area contributed by atoms with Crippen molar-refractivity contribution in [2.24, 2.45) is 0 Å². The molecule has 8 heteroatoms. The van der Waals surface area contributed by atoms with Crippen LogP contribution in [0.15, 0.2) is 71.9 Å². The molecule has 0 unspecified atom stereocenters. The molecule has 4 aromatic rings. The van der Waals surface area contributed by atoms with E-state index in [-0.39, 0.29) is 11.7 Å². The fourth-order valence-electron chi connectivity index (χ4n) is 3.15. The number of para-hydroxylation sites is 1. The van der Waals surface area contributed by atoms with Crippen molar-refractivity contribution in [3.05, 3.63) is 87.9 Å². The van der Waals surface area contributed by atoms with Crippen molar-refractivity contribution in [2.75, 3.05) is 11.1 Å². The van der Waals surface area contributed by atoms with Crippen LogP contribution in [0.4, 0.5) is 5.69 Å². The molecule has 0 aliphatic carbocycles. The van der Waals surface area contributed by atoms with Crippen molar-refractivity contribution in [1.29, 1.82) is 0 Å². The number of anilines is 1. The Morgan fingerprint density at radius 3 is 2.50 bits per heavy atom. The van der Waals surface area contributed by atoms with E-state index in [1.807, 2.05) is 79.1 Å². The van der Waals surface area contributed by atoms with E-state index < -0.39 is 0 Å². The predicted molar refractivity (Wildman–Crippen MR) is 132 cm³/mol. The highest BCUT2D eigenvalue weighted by Gasteiger charge is 2.18. The number of amides is 1. The van der Waals surface area contributed by atoms with Gasteiger partial charge in [-0.2, -0.15) is 0 Å². The number of hydrogen-bond donors (Lipinski definition) is 1. The summed E-state index contributed by atoms with van der Waals surface area (Å²) in [5, 5.41) is 13.6. The molecule has 0 atom stereocenters. The third-order valence-corrected chi connectivity index (χ3v) is 6.70. The Balaban J connectivity index is 1.61. The van der Waals surface area contributed by atoms with E-state index in [4.69, 9.17) is 23.2 Å². The van der Waals surface area contributed by atoms with Gasteiger partial charge >= 0.3 is 0 Å². The maximum atomic E-state index is 12.6. The van der Waals surface area contributed by atoms with Gasteiger partial charge in [0, 0.05) is 27.0 Å². The molecular weight excluding hydrogens is 463 g/mol. The molecule has 162 valence electrons. The second kappa shape index (κ2) is 9.77. The number of thioether (sulfide) groups is 1. The van der Waals surface area contributed by atoms with E-state index in [0.29, 0.717) is 26.7 Å². The number of nitrogens with one attached hydrogen (secondary N) is 1. The van der Waals surface area contributed by atoms with Crippen LogP contribution in [-0.4, -0.2) is 26.4 Å². The summed E-state index contributed by atoms with van der Waals surface area (Å²) >= 11 is 13.8. The van der Waals surface area contributed by atoms with Crippen LogP contribution in [0.1, 0.15) is 11.1 Å². The van der Waals surface area contributed by atoms with Crippen LogP contribution < -0.4 is 5.32 Å². The second-order valence-electron chi connectivity index (χ2n) is 7.19. The van der Waals surface area contributed by atoms with Gasteiger partial charge in [-0.1, -0.05) is 71.4 Å². The van der Waals surface area contributed by atoms with Crippen molar-refractivity contribution in [1.82, 2.24) is 14.8 Å². The fraction of sp³-hybridized carbons (Fsp3) is 0.125. The zero-order chi connectivity index (χ0) is 22.7. The summed E-state index contributed by atoms with van der Waals surface area (Å²) in [6.07, 6.45) is 0. The Morgan fingerprint density at radius 2 is 1.75 bits per heavy atom. The molecule has 0 saturated carbocycles. The van der Waals surface area contributed by atoms with E-state index in [1.165, 1.54) is 11.8 Å². The van der Waals surface area contributed by atoms with Crippen molar-refractivity contribution in [3.8, 4) is 17.1 Å². The normalized spacial score (nSPS) is 10.9. The summed E-state index contributed by atoms with van der Waals surface area (Å²) in [6.45, 7) is 3.83. The molecule has 1 N–H and O–H groups in total. The van der Waals surface area contributed by atoms with Crippen LogP contribution in [-0.2, 0) is 4.79 Å². The first kappa shape index (κ1) is 22.4. The lowest BCUT2D eigenvalue weighted by atomic mass is 10.1. The van der Waals surface area contributed by atoms with Gasteiger partial charge in [0.05, 0.1) is 5.75 Å². The molecule has 0 fully saturated rings. The van der Waals surface area contributed by atoms with Gasteiger partial charge in [-0.05, 0) is 55.3 Å². The third kappa shape index (κ3) is 4.83. The minimum absolute atomic E-state index is 0.150. The van der Waals surface area contributed by atoms with Gasteiger partial charge in [0.15, 0.2) is 11.0 Å². The summed E-state index contributed by atoms with van der Waals surface area (Å²) in [5.74, 6) is 0.681. The van der Waals surface area contributed by atoms with Crippen LogP contribution >= 0.6 is 35.0 Å². The number of hydrogen-bond acceptors (Lipinski definition) is 4. The van der Waals surface area contributed by atoms with Crippen LogP contribution in [0.5, 0.6) is 0 Å². The van der Waals surface area contributed by atoms with E-state index in [9.17, 15) is 4.79 Å². The molecule has 5 nitrogen and oxygen atoms in total. The highest BCUT2D eigenvalue weighted by atomic mass is 35.5. The van der Waals surface area contributed by atoms with E-state index in [0.717, 1.165) is 22.4 Å². The van der Waals surface area contributed by atoms with E-state index >= 15 is 0 Å². The number of carbonyl (C=O) groups excluding carboxylic acids is 1. The predicted octanol–water partition coefficient (Wildman–Crippen LogP) is 6.59. The van der Waals surface area contributed by atoms with Gasteiger partial charge in [-0.15, -0.1) is 10.2 Å². The summed E-state index contributed by atoms with van der Waals surface area (Å²) in [7, 11) is 0. The molecule has 32 heavy (non-hydrogen) atoms. The Kier molecular flexibility index (Phi) is 6.84. The van der Waals surface area contributed by atoms with Crippen molar-refractivity contribution in [3.63, 3.8) is 0 Å². The lowest BCUT2D eigenvalue weighted by molar-refractivity contribution is -0.113.